The lowest BCUT2D eigenvalue weighted by Gasteiger charge is -2.47. The first-order valence-corrected chi connectivity index (χ1v) is 8.27. The number of nitrogens with one attached hydrogen (secondary N) is 1. The number of nitrogens with zero attached hydrogens (tertiary/aromatic N) is 1. The van der Waals surface area contributed by atoms with E-state index in [-0.39, 0.29) is 5.54 Å². The van der Waals surface area contributed by atoms with Gasteiger partial charge in [0.2, 0.25) is 0 Å². The van der Waals surface area contributed by atoms with E-state index in [0.29, 0.717) is 6.04 Å². The highest BCUT2D eigenvalue weighted by Crippen LogP contribution is 2.31. The minimum atomic E-state index is 0.241. The van der Waals surface area contributed by atoms with Crippen LogP contribution in [-0.4, -0.2) is 36.6 Å². The average molecular weight is 264 g/mol. The molecule has 2 heteroatoms. The van der Waals surface area contributed by atoms with Crippen LogP contribution < -0.4 is 5.32 Å². The van der Waals surface area contributed by atoms with Crippen molar-refractivity contribution in [3.8, 4) is 0 Å². The molecule has 0 aromatic carbocycles. The van der Waals surface area contributed by atoms with Gasteiger partial charge in [-0.25, -0.2) is 0 Å². The minimum Gasteiger partial charge on any atom is -0.312 e. The second-order valence-electron chi connectivity index (χ2n) is 6.80. The number of hydrogen-bond acceptors (Lipinski definition) is 2. The summed E-state index contributed by atoms with van der Waals surface area (Å²) in [4.78, 5) is 2.71. The molecule has 0 aromatic heterocycles. The normalized spacial score (nSPS) is 24.7. The minimum absolute atomic E-state index is 0.241. The highest BCUT2D eigenvalue weighted by molar-refractivity contribution is 5.19. The lowest BCUT2D eigenvalue weighted by molar-refractivity contribution is 0.0728. The third kappa shape index (κ3) is 3.61. The Balaban J connectivity index is 2.11. The number of likely N-dealkylation sites (tertiary alicyclic amines) is 1. The largest absolute Gasteiger partial charge is 0.312 e. The first-order chi connectivity index (χ1) is 9.16. The van der Waals surface area contributed by atoms with Crippen LogP contribution in [0.15, 0.2) is 11.6 Å². The Morgan fingerprint density at radius 3 is 2.42 bits per heavy atom. The maximum atomic E-state index is 3.63. The van der Waals surface area contributed by atoms with Gasteiger partial charge in [-0.3, -0.25) is 4.90 Å². The SMILES string of the molecule is CNC(C1=CCCCCC1)C(C)(C)N1CCCCC1. The van der Waals surface area contributed by atoms with E-state index in [1.807, 2.05) is 0 Å². The van der Waals surface area contributed by atoms with E-state index in [4.69, 9.17) is 0 Å². The van der Waals surface area contributed by atoms with Gasteiger partial charge in [0.05, 0.1) is 0 Å². The summed E-state index contributed by atoms with van der Waals surface area (Å²) in [5.74, 6) is 0. The highest BCUT2D eigenvalue weighted by atomic mass is 15.2. The number of allylic oxidation sites excluding steroid dienone is 1. The summed E-state index contributed by atoms with van der Waals surface area (Å²) >= 11 is 0. The van der Waals surface area contributed by atoms with E-state index in [2.05, 4.69) is 37.2 Å². The number of hydrogen-bond donors (Lipinski definition) is 1. The molecular weight excluding hydrogens is 232 g/mol. The molecule has 1 saturated heterocycles. The Morgan fingerprint density at radius 1 is 1.05 bits per heavy atom. The molecule has 0 aromatic rings. The Hall–Kier alpha value is -0.340. The zero-order valence-corrected chi connectivity index (χ0v) is 13.2. The molecule has 0 bridgehead atoms. The Kier molecular flexibility index (Phi) is 5.47. The van der Waals surface area contributed by atoms with Crippen LogP contribution in [0.3, 0.4) is 0 Å². The molecule has 0 radical (unpaired) electrons. The van der Waals surface area contributed by atoms with Gasteiger partial charge in [-0.2, -0.15) is 0 Å². The Morgan fingerprint density at radius 2 is 1.74 bits per heavy atom. The van der Waals surface area contributed by atoms with Crippen LogP contribution in [-0.2, 0) is 0 Å². The molecule has 1 N–H and O–H groups in total. The lowest BCUT2D eigenvalue weighted by atomic mass is 9.83. The van der Waals surface area contributed by atoms with Gasteiger partial charge in [0.25, 0.3) is 0 Å². The summed E-state index contributed by atoms with van der Waals surface area (Å²) in [6.45, 7) is 7.42. The molecule has 1 heterocycles. The number of rotatable bonds is 4. The summed E-state index contributed by atoms with van der Waals surface area (Å²) in [5.41, 5.74) is 1.90. The highest BCUT2D eigenvalue weighted by Gasteiger charge is 2.36. The topological polar surface area (TPSA) is 15.3 Å². The van der Waals surface area contributed by atoms with Gasteiger partial charge in [0.15, 0.2) is 0 Å². The molecule has 2 nitrogen and oxygen atoms in total. The van der Waals surface area contributed by atoms with Crippen molar-refractivity contribution in [2.75, 3.05) is 20.1 Å². The van der Waals surface area contributed by atoms with Crippen molar-refractivity contribution in [1.82, 2.24) is 10.2 Å². The van der Waals surface area contributed by atoms with Crippen LogP contribution in [0.25, 0.3) is 0 Å². The monoisotopic (exact) mass is 264 g/mol. The van der Waals surface area contributed by atoms with Crippen molar-refractivity contribution in [1.29, 1.82) is 0 Å². The molecular formula is C17H32N2. The van der Waals surface area contributed by atoms with Gasteiger partial charge in [-0.1, -0.05) is 24.5 Å². The van der Waals surface area contributed by atoms with Crippen LogP contribution in [0.2, 0.25) is 0 Å². The zero-order valence-electron chi connectivity index (χ0n) is 13.2. The van der Waals surface area contributed by atoms with Crippen molar-refractivity contribution < 1.29 is 0 Å². The van der Waals surface area contributed by atoms with E-state index in [9.17, 15) is 0 Å². The summed E-state index contributed by atoms with van der Waals surface area (Å²) in [6, 6.07) is 0.517. The quantitative estimate of drug-likeness (QED) is 0.778. The first-order valence-electron chi connectivity index (χ1n) is 8.27. The van der Waals surface area contributed by atoms with Gasteiger partial charge in [0.1, 0.15) is 0 Å². The van der Waals surface area contributed by atoms with Gasteiger partial charge in [-0.15, -0.1) is 0 Å². The van der Waals surface area contributed by atoms with E-state index in [1.54, 1.807) is 5.57 Å². The molecule has 0 saturated carbocycles. The van der Waals surface area contributed by atoms with Crippen LogP contribution in [0.1, 0.15) is 65.2 Å². The van der Waals surface area contributed by atoms with Crippen LogP contribution in [0.5, 0.6) is 0 Å². The molecule has 0 spiro atoms. The Labute approximate surface area is 119 Å². The van der Waals surface area contributed by atoms with Crippen molar-refractivity contribution in [3.05, 3.63) is 11.6 Å². The zero-order chi connectivity index (χ0) is 13.7. The second kappa shape index (κ2) is 6.90. The van der Waals surface area contributed by atoms with E-state index >= 15 is 0 Å². The van der Waals surface area contributed by atoms with Crippen LogP contribution in [0.4, 0.5) is 0 Å². The van der Waals surface area contributed by atoms with E-state index in [1.165, 1.54) is 64.5 Å². The van der Waals surface area contributed by atoms with Crippen LogP contribution in [0, 0.1) is 0 Å². The molecule has 1 atom stereocenters. The Bertz CT molecular complexity index is 300. The number of piperidine rings is 1. The van der Waals surface area contributed by atoms with E-state index in [0.717, 1.165) is 0 Å². The fraction of sp³-hybridized carbons (Fsp3) is 0.882. The lowest BCUT2D eigenvalue weighted by Crippen LogP contribution is -2.59. The van der Waals surface area contributed by atoms with Gasteiger partial charge in [-0.05, 0) is 72.5 Å². The summed E-state index contributed by atoms with van der Waals surface area (Å²) < 4.78 is 0. The molecule has 1 fully saturated rings. The summed E-state index contributed by atoms with van der Waals surface area (Å²) in [5, 5.41) is 3.63. The molecule has 2 aliphatic rings. The van der Waals surface area contributed by atoms with Crippen molar-refractivity contribution in [3.63, 3.8) is 0 Å². The molecule has 0 amide bonds. The average Bonchev–Trinajstić information content (AvgIpc) is 2.69. The fourth-order valence-electron chi connectivity index (χ4n) is 3.95. The van der Waals surface area contributed by atoms with Crippen molar-refractivity contribution in [2.45, 2.75) is 76.8 Å². The van der Waals surface area contributed by atoms with Crippen molar-refractivity contribution >= 4 is 0 Å². The molecule has 1 aliphatic heterocycles. The van der Waals surface area contributed by atoms with Crippen LogP contribution >= 0.6 is 0 Å². The van der Waals surface area contributed by atoms with Gasteiger partial charge < -0.3 is 5.32 Å². The second-order valence-corrected chi connectivity index (χ2v) is 6.80. The summed E-state index contributed by atoms with van der Waals surface area (Å²) in [6.07, 6.45) is 13.4. The fourth-order valence-corrected chi connectivity index (χ4v) is 3.95. The standard InChI is InChI=1S/C17H32N2/c1-17(2,19-13-9-6-10-14-19)16(18-3)15-11-7-4-5-8-12-15/h11,16,18H,4-10,12-14H2,1-3H3. The predicted molar refractivity (Wildman–Crippen MR) is 83.5 cm³/mol. The summed E-state index contributed by atoms with van der Waals surface area (Å²) in [7, 11) is 2.14. The molecule has 110 valence electrons. The maximum absolute atomic E-state index is 3.63. The molecule has 1 aliphatic carbocycles. The maximum Gasteiger partial charge on any atom is 0.0458 e. The van der Waals surface area contributed by atoms with E-state index < -0.39 is 0 Å². The first kappa shape index (κ1) is 15.1. The molecule has 2 rings (SSSR count). The van der Waals surface area contributed by atoms with Crippen molar-refractivity contribution in [2.24, 2.45) is 0 Å². The molecule has 19 heavy (non-hydrogen) atoms. The number of likely N-dealkylation sites (N-methyl/N-ethyl adjacent to an activating group) is 1. The molecule has 1 unspecified atom stereocenters. The third-order valence-electron chi connectivity index (χ3n) is 5.11. The van der Waals surface area contributed by atoms with Gasteiger partial charge in [0, 0.05) is 11.6 Å². The smallest absolute Gasteiger partial charge is 0.0458 e. The predicted octanol–water partition coefficient (Wildman–Crippen LogP) is 3.73. The van der Waals surface area contributed by atoms with Gasteiger partial charge >= 0.3 is 0 Å². The third-order valence-corrected chi connectivity index (χ3v) is 5.11.